The minimum atomic E-state index is -0.303. The van der Waals surface area contributed by atoms with Gasteiger partial charge in [0, 0.05) is 9.50 Å². The first-order chi connectivity index (χ1) is 11.0. The van der Waals surface area contributed by atoms with Crippen LogP contribution in [0.4, 0.5) is 10.5 Å². The van der Waals surface area contributed by atoms with Crippen molar-refractivity contribution in [1.29, 1.82) is 0 Å². The van der Waals surface area contributed by atoms with Crippen molar-refractivity contribution in [3.63, 3.8) is 0 Å². The predicted octanol–water partition coefficient (Wildman–Crippen LogP) is 5.73. The molecule has 2 aromatic carbocycles. The normalized spacial score (nSPS) is 16.9. The Balaban J connectivity index is 1.98. The van der Waals surface area contributed by atoms with E-state index in [1.54, 1.807) is 24.3 Å². The molecule has 0 N–H and O–H groups in total. The highest BCUT2D eigenvalue weighted by molar-refractivity contribution is 9.10. The van der Waals surface area contributed by atoms with Crippen molar-refractivity contribution < 1.29 is 9.59 Å². The van der Waals surface area contributed by atoms with Gasteiger partial charge in [-0.05, 0) is 66.2 Å². The summed E-state index contributed by atoms with van der Waals surface area (Å²) in [7, 11) is 0. The largest absolute Gasteiger partial charge is 0.298 e. The second kappa shape index (κ2) is 6.51. The summed E-state index contributed by atoms with van der Waals surface area (Å²) in [6.45, 7) is 1.85. The van der Waals surface area contributed by atoms with Gasteiger partial charge in [-0.3, -0.25) is 9.59 Å². The van der Waals surface area contributed by atoms with Crippen LogP contribution in [0.5, 0.6) is 0 Å². The van der Waals surface area contributed by atoms with Crippen LogP contribution in [0.25, 0.3) is 5.57 Å². The maximum Gasteiger partial charge on any atom is 0.298 e. The van der Waals surface area contributed by atoms with Crippen LogP contribution in [0.15, 0.2) is 57.9 Å². The van der Waals surface area contributed by atoms with Crippen LogP contribution in [-0.2, 0) is 4.79 Å². The molecule has 3 rings (SSSR count). The highest BCUT2D eigenvalue weighted by Crippen LogP contribution is 2.39. The Bertz CT molecular complexity index is 815. The molecule has 0 aromatic heterocycles. The number of amides is 2. The number of carbonyl (C=O) groups is 2. The van der Waals surface area contributed by atoms with E-state index in [0.29, 0.717) is 15.6 Å². The third-order valence-electron chi connectivity index (χ3n) is 3.47. The number of thioether (sulfide) groups is 1. The van der Waals surface area contributed by atoms with E-state index in [4.69, 9.17) is 11.6 Å². The minimum absolute atomic E-state index is 0.302. The highest BCUT2D eigenvalue weighted by Gasteiger charge is 2.37. The van der Waals surface area contributed by atoms with Gasteiger partial charge in [-0.15, -0.1) is 0 Å². The summed E-state index contributed by atoms with van der Waals surface area (Å²) in [4.78, 5) is 26.6. The molecule has 2 aromatic rings. The molecule has 3 nitrogen and oxygen atoms in total. The summed E-state index contributed by atoms with van der Waals surface area (Å²) in [6.07, 6.45) is 0. The molecule has 0 unspecified atom stereocenters. The maximum atomic E-state index is 12.7. The number of allylic oxidation sites excluding steroid dienone is 1. The summed E-state index contributed by atoms with van der Waals surface area (Å²) >= 11 is 10.2. The van der Waals surface area contributed by atoms with Gasteiger partial charge in [-0.2, -0.15) is 0 Å². The van der Waals surface area contributed by atoms with Crippen LogP contribution >= 0.6 is 39.3 Å². The number of hydrogen-bond acceptors (Lipinski definition) is 3. The molecule has 1 saturated heterocycles. The minimum Gasteiger partial charge on any atom is -0.268 e. The molecular weight excluding hydrogens is 398 g/mol. The van der Waals surface area contributed by atoms with Gasteiger partial charge in [-0.25, -0.2) is 4.90 Å². The van der Waals surface area contributed by atoms with E-state index >= 15 is 0 Å². The summed E-state index contributed by atoms with van der Waals surface area (Å²) in [5.41, 5.74) is 2.22. The third kappa shape index (κ3) is 3.22. The monoisotopic (exact) mass is 407 g/mol. The van der Waals surface area contributed by atoms with Crippen molar-refractivity contribution >= 4 is 61.7 Å². The lowest BCUT2D eigenvalue weighted by Gasteiger charge is -2.12. The molecule has 0 radical (unpaired) electrons. The molecule has 23 heavy (non-hydrogen) atoms. The van der Waals surface area contributed by atoms with Gasteiger partial charge in [0.15, 0.2) is 0 Å². The number of halogens is 2. The lowest BCUT2D eigenvalue weighted by molar-refractivity contribution is -0.113. The Hall–Kier alpha value is -1.56. The van der Waals surface area contributed by atoms with Gasteiger partial charge in [0.05, 0.1) is 10.6 Å². The molecule has 2 amide bonds. The molecular formula is C17H11BrClNO2S. The zero-order valence-corrected chi connectivity index (χ0v) is 15.2. The van der Waals surface area contributed by atoms with Crippen molar-refractivity contribution in [2.75, 3.05) is 4.90 Å². The number of hydrogen-bond donors (Lipinski definition) is 0. The zero-order chi connectivity index (χ0) is 16.6. The molecule has 0 bridgehead atoms. The number of rotatable bonds is 2. The van der Waals surface area contributed by atoms with E-state index in [0.717, 1.165) is 27.4 Å². The first-order valence-corrected chi connectivity index (χ1v) is 8.75. The van der Waals surface area contributed by atoms with Gasteiger partial charge < -0.3 is 0 Å². The van der Waals surface area contributed by atoms with Gasteiger partial charge >= 0.3 is 0 Å². The second-order valence-corrected chi connectivity index (χ2v) is 7.26. The molecule has 1 aliphatic heterocycles. The quantitative estimate of drug-likeness (QED) is 0.595. The van der Waals surface area contributed by atoms with Crippen LogP contribution in [0.1, 0.15) is 12.5 Å². The van der Waals surface area contributed by atoms with Crippen LogP contribution < -0.4 is 4.90 Å². The first kappa shape index (κ1) is 16.3. The third-order valence-corrected chi connectivity index (χ3v) is 5.29. The number of benzene rings is 2. The molecule has 0 atom stereocenters. The highest BCUT2D eigenvalue weighted by atomic mass is 79.9. The average molecular weight is 409 g/mol. The Labute approximate surface area is 151 Å². The van der Waals surface area contributed by atoms with Crippen LogP contribution in [0, 0.1) is 0 Å². The zero-order valence-electron chi connectivity index (χ0n) is 12.0. The van der Waals surface area contributed by atoms with E-state index in [9.17, 15) is 9.59 Å². The smallest absolute Gasteiger partial charge is 0.268 e. The Kier molecular flexibility index (Phi) is 4.62. The van der Waals surface area contributed by atoms with Gasteiger partial charge in [0.25, 0.3) is 11.1 Å². The van der Waals surface area contributed by atoms with Crippen molar-refractivity contribution in [2.45, 2.75) is 6.92 Å². The molecule has 1 heterocycles. The van der Waals surface area contributed by atoms with Crippen molar-refractivity contribution in [3.05, 3.63) is 68.5 Å². The van der Waals surface area contributed by atoms with E-state index in [-0.39, 0.29) is 11.1 Å². The van der Waals surface area contributed by atoms with E-state index in [1.165, 1.54) is 4.90 Å². The molecule has 6 heteroatoms. The van der Waals surface area contributed by atoms with Crippen LogP contribution in [0.3, 0.4) is 0 Å². The van der Waals surface area contributed by atoms with E-state index in [1.807, 2.05) is 31.2 Å². The topological polar surface area (TPSA) is 37.4 Å². The average Bonchev–Trinajstić information content (AvgIpc) is 2.83. The summed E-state index contributed by atoms with van der Waals surface area (Å²) in [6, 6.07) is 14.3. The lowest BCUT2D eigenvalue weighted by Crippen LogP contribution is -2.27. The molecule has 1 fully saturated rings. The fraction of sp³-hybridized carbons (Fsp3) is 0.0588. The second-order valence-electron chi connectivity index (χ2n) is 4.95. The standard InChI is InChI=1S/C17H11BrClNO2S/c1-10(11-2-4-12(18)5-3-11)15-16(21)20(17(22)23-15)14-8-6-13(19)7-9-14/h2-9H,1H3/b15-10-. The molecule has 116 valence electrons. The molecule has 0 saturated carbocycles. The lowest BCUT2D eigenvalue weighted by atomic mass is 10.1. The SMILES string of the molecule is C/C(=C1/SC(=O)N(c2ccc(Cl)cc2)C1=O)c1ccc(Br)cc1. The molecule has 0 spiro atoms. The summed E-state index contributed by atoms with van der Waals surface area (Å²) in [5.74, 6) is -0.303. The van der Waals surface area contributed by atoms with Crippen LogP contribution in [0.2, 0.25) is 5.02 Å². The van der Waals surface area contributed by atoms with Gasteiger partial charge in [0.2, 0.25) is 0 Å². The van der Waals surface area contributed by atoms with Crippen molar-refractivity contribution in [2.24, 2.45) is 0 Å². The van der Waals surface area contributed by atoms with Gasteiger partial charge in [0.1, 0.15) is 0 Å². The first-order valence-electron chi connectivity index (χ1n) is 6.76. The van der Waals surface area contributed by atoms with Crippen molar-refractivity contribution in [1.82, 2.24) is 0 Å². The fourth-order valence-corrected chi connectivity index (χ4v) is 3.54. The van der Waals surface area contributed by atoms with E-state index in [2.05, 4.69) is 15.9 Å². The number of anilines is 1. The number of carbonyl (C=O) groups excluding carboxylic acids is 2. The fourth-order valence-electron chi connectivity index (χ4n) is 2.24. The molecule has 0 aliphatic carbocycles. The summed E-state index contributed by atoms with van der Waals surface area (Å²) in [5, 5.41) is 0.256. The van der Waals surface area contributed by atoms with Crippen LogP contribution in [-0.4, -0.2) is 11.1 Å². The molecule has 1 aliphatic rings. The van der Waals surface area contributed by atoms with Crippen molar-refractivity contribution in [3.8, 4) is 0 Å². The summed E-state index contributed by atoms with van der Waals surface area (Å²) < 4.78 is 0.961. The van der Waals surface area contributed by atoms with E-state index < -0.39 is 0 Å². The Morgan fingerprint density at radius 3 is 2.26 bits per heavy atom. The predicted molar refractivity (Wildman–Crippen MR) is 98.7 cm³/mol. The number of nitrogens with zero attached hydrogens (tertiary/aromatic N) is 1. The Morgan fingerprint density at radius 1 is 1.04 bits per heavy atom. The van der Waals surface area contributed by atoms with Gasteiger partial charge in [-0.1, -0.05) is 39.7 Å². The Morgan fingerprint density at radius 2 is 1.65 bits per heavy atom. The maximum absolute atomic E-state index is 12.7. The number of imide groups is 1.